The smallest absolute Gasteiger partial charge is 0.344 e. The number of hydrogen-bond donors (Lipinski definition) is 1. The first-order valence-corrected chi connectivity index (χ1v) is 15.0. The van der Waals surface area contributed by atoms with Crippen molar-refractivity contribution in [1.82, 2.24) is 0 Å². The Morgan fingerprint density at radius 1 is 0.909 bits per heavy atom. The predicted molar refractivity (Wildman–Crippen MR) is 171 cm³/mol. The van der Waals surface area contributed by atoms with Crippen molar-refractivity contribution in [3.63, 3.8) is 0 Å². The number of carbonyl (C=O) groups is 2. The molecule has 0 bridgehead atoms. The number of fused-ring (bicyclic) bond motifs is 1. The Morgan fingerprint density at radius 2 is 1.55 bits per heavy atom. The minimum atomic E-state index is -1.37. The van der Waals surface area contributed by atoms with Gasteiger partial charge in [0.15, 0.2) is 5.79 Å². The molecular weight excluding hydrogens is 560 g/mol. The molecule has 0 aliphatic heterocycles. The SMILES string of the molecule is C=C(C)C(=O)OCCCCC1=C(CCCCOC(C)(O)C(=C)C)c2oc(=O)c(-c3ccc(OC(=O)C(=C)C)cc3)cc2CC1. The Hall–Kier alpha value is -4.01. The summed E-state index contributed by atoms with van der Waals surface area (Å²) in [5, 5.41) is 10.3. The van der Waals surface area contributed by atoms with E-state index in [1.54, 1.807) is 52.0 Å². The summed E-state index contributed by atoms with van der Waals surface area (Å²) >= 11 is 0. The van der Waals surface area contributed by atoms with E-state index >= 15 is 0 Å². The third-order valence-electron chi connectivity index (χ3n) is 7.60. The van der Waals surface area contributed by atoms with Crippen LogP contribution in [-0.4, -0.2) is 36.0 Å². The van der Waals surface area contributed by atoms with E-state index in [9.17, 15) is 19.5 Å². The molecule has 1 unspecified atom stereocenters. The van der Waals surface area contributed by atoms with Crippen LogP contribution in [0.2, 0.25) is 0 Å². The fourth-order valence-electron chi connectivity index (χ4n) is 4.74. The lowest BCUT2D eigenvalue weighted by atomic mass is 9.84. The largest absolute Gasteiger partial charge is 0.462 e. The van der Waals surface area contributed by atoms with Gasteiger partial charge in [-0.1, -0.05) is 37.4 Å². The molecule has 0 radical (unpaired) electrons. The standard InChI is InChI=1S/C36H44O8/c1-23(2)33(37)41-20-10-8-12-26-14-15-28-22-31(27-16-18-29(19-17-27)43-34(38)24(3)4)35(39)44-32(28)30(26)13-9-11-21-42-36(7,40)25(5)6/h16-19,22,40H,1,3,5,8-15,20-21H2,2,4,6-7H3. The van der Waals surface area contributed by atoms with E-state index in [1.165, 1.54) is 5.57 Å². The number of esters is 2. The molecule has 1 heterocycles. The third-order valence-corrected chi connectivity index (χ3v) is 7.60. The number of aryl methyl sites for hydroxylation is 1. The molecule has 1 aliphatic carbocycles. The number of rotatable bonds is 16. The highest BCUT2D eigenvalue weighted by Gasteiger charge is 2.24. The molecule has 0 fully saturated rings. The van der Waals surface area contributed by atoms with E-state index in [1.807, 2.05) is 6.07 Å². The van der Waals surface area contributed by atoms with Crippen LogP contribution in [0.5, 0.6) is 5.75 Å². The number of allylic oxidation sites excluding steroid dienone is 2. The molecule has 44 heavy (non-hydrogen) atoms. The van der Waals surface area contributed by atoms with Gasteiger partial charge in [-0.25, -0.2) is 14.4 Å². The second-order valence-electron chi connectivity index (χ2n) is 11.5. The summed E-state index contributed by atoms with van der Waals surface area (Å²) in [5.74, 6) is -1.28. The van der Waals surface area contributed by atoms with Crippen molar-refractivity contribution in [3.8, 4) is 16.9 Å². The monoisotopic (exact) mass is 604 g/mol. The summed E-state index contributed by atoms with van der Waals surface area (Å²) < 4.78 is 22.1. The molecule has 1 aliphatic rings. The van der Waals surface area contributed by atoms with Crippen LogP contribution in [0.4, 0.5) is 0 Å². The number of hydrogen-bond acceptors (Lipinski definition) is 8. The highest BCUT2D eigenvalue weighted by Crippen LogP contribution is 2.38. The number of ether oxygens (including phenoxy) is 3. The van der Waals surface area contributed by atoms with Crippen molar-refractivity contribution in [2.75, 3.05) is 13.2 Å². The Bertz CT molecular complexity index is 1490. The molecule has 1 N–H and O–H groups in total. The Morgan fingerprint density at radius 3 is 2.18 bits per heavy atom. The van der Waals surface area contributed by atoms with Crippen LogP contribution < -0.4 is 10.4 Å². The first-order valence-electron chi connectivity index (χ1n) is 15.0. The van der Waals surface area contributed by atoms with Crippen LogP contribution in [0.1, 0.15) is 84.0 Å². The maximum Gasteiger partial charge on any atom is 0.344 e. The van der Waals surface area contributed by atoms with Gasteiger partial charge in [-0.15, -0.1) is 0 Å². The molecule has 2 aromatic rings. The summed E-state index contributed by atoms with van der Waals surface area (Å²) in [6.07, 6.45) is 6.08. The highest BCUT2D eigenvalue weighted by molar-refractivity contribution is 5.89. The quantitative estimate of drug-likeness (QED) is 0.0533. The van der Waals surface area contributed by atoms with Gasteiger partial charge in [-0.3, -0.25) is 0 Å². The third kappa shape index (κ3) is 9.49. The molecule has 8 heteroatoms. The maximum absolute atomic E-state index is 13.3. The van der Waals surface area contributed by atoms with E-state index in [0.29, 0.717) is 71.8 Å². The van der Waals surface area contributed by atoms with Crippen molar-refractivity contribution in [2.45, 2.75) is 84.8 Å². The van der Waals surface area contributed by atoms with Crippen LogP contribution in [0.25, 0.3) is 16.7 Å². The average Bonchev–Trinajstić information content (AvgIpc) is 2.97. The lowest BCUT2D eigenvalue weighted by Crippen LogP contribution is -2.29. The normalized spacial score (nSPS) is 13.9. The van der Waals surface area contributed by atoms with Crippen LogP contribution in [0, 0.1) is 0 Å². The van der Waals surface area contributed by atoms with Crippen LogP contribution in [0.15, 0.2) is 81.6 Å². The van der Waals surface area contributed by atoms with E-state index in [2.05, 4.69) is 19.7 Å². The van der Waals surface area contributed by atoms with Crippen molar-refractivity contribution >= 4 is 17.5 Å². The Labute approximate surface area is 259 Å². The minimum Gasteiger partial charge on any atom is -0.462 e. The zero-order valence-corrected chi connectivity index (χ0v) is 26.4. The van der Waals surface area contributed by atoms with Gasteiger partial charge in [-0.05, 0) is 120 Å². The zero-order valence-electron chi connectivity index (χ0n) is 26.4. The summed E-state index contributed by atoms with van der Waals surface area (Å²) in [6, 6.07) is 8.63. The van der Waals surface area contributed by atoms with Crippen molar-refractivity contribution in [2.24, 2.45) is 0 Å². The molecule has 0 spiro atoms. The summed E-state index contributed by atoms with van der Waals surface area (Å²) in [4.78, 5) is 36.8. The van der Waals surface area contributed by atoms with Gasteiger partial charge in [0.2, 0.25) is 0 Å². The molecule has 236 valence electrons. The molecule has 0 saturated heterocycles. The van der Waals surface area contributed by atoms with Crippen LogP contribution in [-0.2, 0) is 25.5 Å². The molecule has 1 aromatic carbocycles. The lowest BCUT2D eigenvalue weighted by Gasteiger charge is -2.25. The Kier molecular flexibility index (Phi) is 12.3. The number of benzene rings is 1. The molecular formula is C36H44O8. The maximum atomic E-state index is 13.3. The number of carbonyl (C=O) groups excluding carboxylic acids is 2. The molecule has 0 amide bonds. The second-order valence-corrected chi connectivity index (χ2v) is 11.5. The van der Waals surface area contributed by atoms with Gasteiger partial charge < -0.3 is 23.7 Å². The van der Waals surface area contributed by atoms with E-state index < -0.39 is 17.4 Å². The van der Waals surface area contributed by atoms with E-state index in [4.69, 9.17) is 18.6 Å². The van der Waals surface area contributed by atoms with Gasteiger partial charge in [0.25, 0.3) is 0 Å². The fraction of sp³-hybridized carbons (Fsp3) is 0.417. The second kappa shape index (κ2) is 15.6. The topological polar surface area (TPSA) is 112 Å². The minimum absolute atomic E-state index is 0.296. The fourth-order valence-corrected chi connectivity index (χ4v) is 4.74. The Balaban J connectivity index is 1.79. The van der Waals surface area contributed by atoms with Crippen LogP contribution >= 0.6 is 0 Å². The molecule has 3 rings (SSSR count). The molecule has 1 aromatic heterocycles. The van der Waals surface area contributed by atoms with E-state index in [-0.39, 0.29) is 5.97 Å². The number of aliphatic hydroxyl groups is 1. The van der Waals surface area contributed by atoms with Gasteiger partial charge in [0.05, 0.1) is 18.8 Å². The van der Waals surface area contributed by atoms with Gasteiger partial charge >= 0.3 is 17.6 Å². The van der Waals surface area contributed by atoms with Crippen molar-refractivity contribution in [1.29, 1.82) is 0 Å². The van der Waals surface area contributed by atoms with E-state index in [0.717, 1.165) is 43.2 Å². The molecule has 1 atom stereocenters. The molecule has 8 nitrogen and oxygen atoms in total. The van der Waals surface area contributed by atoms with Gasteiger partial charge in [0, 0.05) is 11.1 Å². The first kappa shape index (κ1) is 34.5. The number of unbranched alkanes of at least 4 members (excludes halogenated alkanes) is 2. The van der Waals surface area contributed by atoms with Crippen molar-refractivity contribution in [3.05, 3.63) is 94.1 Å². The summed E-state index contributed by atoms with van der Waals surface area (Å²) in [5.41, 5.74) is 5.11. The zero-order chi connectivity index (χ0) is 32.4. The lowest BCUT2D eigenvalue weighted by molar-refractivity contribution is -0.161. The van der Waals surface area contributed by atoms with Gasteiger partial charge in [0.1, 0.15) is 11.5 Å². The summed E-state index contributed by atoms with van der Waals surface area (Å²) in [7, 11) is 0. The van der Waals surface area contributed by atoms with Crippen LogP contribution in [0.3, 0.4) is 0 Å². The predicted octanol–water partition coefficient (Wildman–Crippen LogP) is 7.25. The van der Waals surface area contributed by atoms with Gasteiger partial charge in [-0.2, -0.15) is 0 Å². The highest BCUT2D eigenvalue weighted by atomic mass is 16.6. The average molecular weight is 605 g/mol. The summed E-state index contributed by atoms with van der Waals surface area (Å²) in [6.45, 7) is 18.2. The first-order chi connectivity index (χ1) is 20.8. The molecule has 0 saturated carbocycles. The van der Waals surface area contributed by atoms with Crippen molar-refractivity contribution < 1.29 is 33.3 Å².